The number of esters is 1. The number of rotatable bonds is 2. The molecule has 5 nitrogen and oxygen atoms in total. The first-order valence-electron chi connectivity index (χ1n) is 3.23. The minimum Gasteiger partial charge on any atom is -0.455 e. The molecule has 1 fully saturated rings. The van der Waals surface area contributed by atoms with Gasteiger partial charge in [-0.2, -0.15) is 0 Å². The van der Waals surface area contributed by atoms with Crippen LogP contribution in [-0.2, 0) is 14.3 Å². The van der Waals surface area contributed by atoms with Crippen molar-refractivity contribution in [2.24, 2.45) is 0 Å². The molecule has 1 saturated heterocycles. The van der Waals surface area contributed by atoms with Gasteiger partial charge in [-0.05, 0) is 0 Å². The molecule has 0 aliphatic carbocycles. The third-order valence-corrected chi connectivity index (χ3v) is 1.64. The van der Waals surface area contributed by atoms with Crippen molar-refractivity contribution in [1.29, 1.82) is 0 Å². The Morgan fingerprint density at radius 1 is 1.73 bits per heavy atom. The summed E-state index contributed by atoms with van der Waals surface area (Å²) in [5.41, 5.74) is 0. The van der Waals surface area contributed by atoms with Crippen LogP contribution in [0.1, 0.15) is 0 Å². The van der Waals surface area contributed by atoms with Crippen LogP contribution in [-0.4, -0.2) is 48.2 Å². The highest BCUT2D eigenvalue weighted by molar-refractivity contribution is 5.77. The summed E-state index contributed by atoms with van der Waals surface area (Å²) < 4.78 is 9.30. The van der Waals surface area contributed by atoms with Crippen molar-refractivity contribution in [3.63, 3.8) is 0 Å². The van der Waals surface area contributed by atoms with Crippen LogP contribution in [0.5, 0.6) is 0 Å². The fourth-order valence-electron chi connectivity index (χ4n) is 1.05. The Labute approximate surface area is 63.5 Å². The van der Waals surface area contributed by atoms with Crippen molar-refractivity contribution in [3.05, 3.63) is 0 Å². The largest absolute Gasteiger partial charge is 0.455 e. The Bertz CT molecular complexity index is 157. The fraction of sp³-hybridized carbons (Fsp3) is 0.833. The Morgan fingerprint density at radius 2 is 2.36 bits per heavy atom. The fourth-order valence-corrected chi connectivity index (χ4v) is 1.05. The molecule has 2 N–H and O–H groups in total. The molecule has 0 saturated carbocycles. The zero-order chi connectivity index (χ0) is 8.43. The van der Waals surface area contributed by atoms with Crippen LogP contribution >= 0.6 is 0 Å². The molecular formula is C6H10O5. The normalized spacial score (nSPS) is 37.4. The Hall–Kier alpha value is -0.650. The molecule has 0 amide bonds. The van der Waals surface area contributed by atoms with Crippen LogP contribution < -0.4 is 0 Å². The Morgan fingerprint density at radius 3 is 2.73 bits per heavy atom. The van der Waals surface area contributed by atoms with Crippen LogP contribution in [0.2, 0.25) is 0 Å². The highest BCUT2D eigenvalue weighted by Gasteiger charge is 2.43. The molecule has 3 unspecified atom stereocenters. The molecule has 0 radical (unpaired) electrons. The van der Waals surface area contributed by atoms with Gasteiger partial charge in [0.25, 0.3) is 0 Å². The van der Waals surface area contributed by atoms with Gasteiger partial charge in [0.15, 0.2) is 12.2 Å². The highest BCUT2D eigenvalue weighted by Crippen LogP contribution is 2.17. The SMILES string of the molecule is COC1C(CO)OC(=O)C1O. The molecule has 5 heteroatoms. The number of hydrogen-bond acceptors (Lipinski definition) is 5. The van der Waals surface area contributed by atoms with Crippen LogP contribution in [0.25, 0.3) is 0 Å². The smallest absolute Gasteiger partial charge is 0.338 e. The van der Waals surface area contributed by atoms with Gasteiger partial charge in [0.05, 0.1) is 6.61 Å². The monoisotopic (exact) mass is 162 g/mol. The molecule has 0 bridgehead atoms. The summed E-state index contributed by atoms with van der Waals surface area (Å²) in [6, 6.07) is 0. The van der Waals surface area contributed by atoms with E-state index in [1.165, 1.54) is 7.11 Å². The number of carbonyl (C=O) groups excluding carboxylic acids is 1. The maximum atomic E-state index is 10.6. The molecule has 1 aliphatic heterocycles. The molecule has 0 aromatic carbocycles. The lowest BCUT2D eigenvalue weighted by molar-refractivity contribution is -0.148. The van der Waals surface area contributed by atoms with Gasteiger partial charge in [-0.25, -0.2) is 4.79 Å². The van der Waals surface area contributed by atoms with E-state index in [9.17, 15) is 4.79 Å². The minimum atomic E-state index is -1.27. The van der Waals surface area contributed by atoms with Crippen molar-refractivity contribution in [1.82, 2.24) is 0 Å². The second-order valence-electron chi connectivity index (χ2n) is 2.30. The summed E-state index contributed by atoms with van der Waals surface area (Å²) in [4.78, 5) is 10.6. The van der Waals surface area contributed by atoms with Crippen LogP contribution in [0.3, 0.4) is 0 Å². The van der Waals surface area contributed by atoms with Crippen molar-refractivity contribution < 1.29 is 24.5 Å². The molecule has 0 spiro atoms. The van der Waals surface area contributed by atoms with E-state index in [1.807, 2.05) is 0 Å². The van der Waals surface area contributed by atoms with Gasteiger partial charge in [0.1, 0.15) is 6.10 Å². The molecule has 1 heterocycles. The Balaban J connectivity index is 2.64. The van der Waals surface area contributed by atoms with E-state index in [2.05, 4.69) is 4.74 Å². The van der Waals surface area contributed by atoms with Gasteiger partial charge >= 0.3 is 5.97 Å². The quantitative estimate of drug-likeness (QED) is 0.472. The molecule has 3 atom stereocenters. The molecule has 11 heavy (non-hydrogen) atoms. The summed E-state index contributed by atoms with van der Waals surface area (Å²) >= 11 is 0. The van der Waals surface area contributed by atoms with E-state index in [-0.39, 0.29) is 6.61 Å². The number of cyclic esters (lactones) is 1. The zero-order valence-corrected chi connectivity index (χ0v) is 6.06. The first-order chi connectivity index (χ1) is 5.20. The Kier molecular flexibility index (Phi) is 2.43. The third-order valence-electron chi connectivity index (χ3n) is 1.64. The zero-order valence-electron chi connectivity index (χ0n) is 6.06. The maximum absolute atomic E-state index is 10.6. The lowest BCUT2D eigenvalue weighted by atomic mass is 10.1. The molecule has 0 aromatic heterocycles. The van der Waals surface area contributed by atoms with Gasteiger partial charge in [0.2, 0.25) is 0 Å². The van der Waals surface area contributed by atoms with E-state index in [1.54, 1.807) is 0 Å². The number of aliphatic hydroxyl groups is 2. The summed E-state index contributed by atoms with van der Waals surface area (Å²) in [7, 11) is 1.35. The van der Waals surface area contributed by atoms with E-state index >= 15 is 0 Å². The standard InChI is InChI=1S/C6H10O5/c1-10-5-3(2-7)11-6(9)4(5)8/h3-5,7-8H,2H2,1H3. The highest BCUT2D eigenvalue weighted by atomic mass is 16.6. The predicted octanol–water partition coefficient (Wildman–Crippen LogP) is -1.72. The van der Waals surface area contributed by atoms with Crippen LogP contribution in [0.4, 0.5) is 0 Å². The lowest BCUT2D eigenvalue weighted by Crippen LogP contribution is -2.34. The lowest BCUT2D eigenvalue weighted by Gasteiger charge is -2.13. The first kappa shape index (κ1) is 8.45. The van der Waals surface area contributed by atoms with E-state index < -0.39 is 24.3 Å². The molecule has 64 valence electrons. The molecule has 1 rings (SSSR count). The van der Waals surface area contributed by atoms with Crippen molar-refractivity contribution in [2.45, 2.75) is 18.3 Å². The second kappa shape index (κ2) is 3.17. The van der Waals surface area contributed by atoms with Crippen molar-refractivity contribution in [2.75, 3.05) is 13.7 Å². The second-order valence-corrected chi connectivity index (χ2v) is 2.30. The van der Waals surface area contributed by atoms with E-state index in [0.717, 1.165) is 0 Å². The number of hydrogen-bond donors (Lipinski definition) is 2. The topological polar surface area (TPSA) is 76.0 Å². The molecule has 0 aromatic rings. The van der Waals surface area contributed by atoms with E-state index in [4.69, 9.17) is 14.9 Å². The van der Waals surface area contributed by atoms with Crippen molar-refractivity contribution >= 4 is 5.97 Å². The number of methoxy groups -OCH3 is 1. The van der Waals surface area contributed by atoms with E-state index in [0.29, 0.717) is 0 Å². The van der Waals surface area contributed by atoms with Gasteiger partial charge in [-0.3, -0.25) is 0 Å². The van der Waals surface area contributed by atoms with Gasteiger partial charge in [-0.15, -0.1) is 0 Å². The minimum absolute atomic E-state index is 0.332. The van der Waals surface area contributed by atoms with Gasteiger partial charge in [-0.1, -0.05) is 0 Å². The number of aliphatic hydroxyl groups excluding tert-OH is 2. The predicted molar refractivity (Wildman–Crippen MR) is 33.8 cm³/mol. The average Bonchev–Trinajstić information content (AvgIpc) is 2.28. The van der Waals surface area contributed by atoms with Crippen LogP contribution in [0, 0.1) is 0 Å². The van der Waals surface area contributed by atoms with Crippen molar-refractivity contribution in [3.8, 4) is 0 Å². The summed E-state index contributed by atoms with van der Waals surface area (Å²) in [5.74, 6) is -0.740. The maximum Gasteiger partial charge on any atom is 0.338 e. The third kappa shape index (κ3) is 1.35. The summed E-state index contributed by atoms with van der Waals surface area (Å²) in [6.45, 7) is -0.332. The average molecular weight is 162 g/mol. The summed E-state index contributed by atoms with van der Waals surface area (Å²) in [5, 5.41) is 17.7. The number of ether oxygens (including phenoxy) is 2. The van der Waals surface area contributed by atoms with Crippen LogP contribution in [0.15, 0.2) is 0 Å². The number of carbonyl (C=O) groups is 1. The van der Waals surface area contributed by atoms with Gasteiger partial charge < -0.3 is 19.7 Å². The molecule has 1 aliphatic rings. The molecular weight excluding hydrogens is 152 g/mol. The summed E-state index contributed by atoms with van der Waals surface area (Å²) in [6.07, 6.45) is -2.74. The van der Waals surface area contributed by atoms with Gasteiger partial charge in [0, 0.05) is 7.11 Å². The first-order valence-corrected chi connectivity index (χ1v) is 3.23.